The Balaban J connectivity index is 1.67. The molecule has 0 atom stereocenters. The van der Waals surface area contributed by atoms with Crippen LogP contribution in [-0.4, -0.2) is 70.8 Å². The smallest absolute Gasteiger partial charge is 0.339 e. The zero-order valence-corrected chi connectivity index (χ0v) is 15.7. The van der Waals surface area contributed by atoms with Crippen molar-refractivity contribution in [2.24, 2.45) is 0 Å². The fraction of sp³-hybridized carbons (Fsp3) is 0.316. The summed E-state index contributed by atoms with van der Waals surface area (Å²) in [5.41, 5.74) is 1.23. The first-order valence-corrected chi connectivity index (χ1v) is 8.81. The maximum Gasteiger partial charge on any atom is 0.339 e. The van der Waals surface area contributed by atoms with Gasteiger partial charge in [-0.25, -0.2) is 14.8 Å². The van der Waals surface area contributed by atoms with E-state index < -0.39 is 5.97 Å². The maximum absolute atomic E-state index is 12.6. The van der Waals surface area contributed by atoms with Crippen molar-refractivity contribution in [3.63, 3.8) is 0 Å². The van der Waals surface area contributed by atoms with Crippen molar-refractivity contribution < 1.29 is 19.1 Å². The Hall–Kier alpha value is -3.49. The number of rotatable bonds is 4. The van der Waals surface area contributed by atoms with Gasteiger partial charge in [-0.2, -0.15) is 0 Å². The molecule has 0 aliphatic carbocycles. The van der Waals surface area contributed by atoms with Gasteiger partial charge in [-0.1, -0.05) is 12.1 Å². The van der Waals surface area contributed by atoms with Crippen molar-refractivity contribution in [3.05, 3.63) is 47.8 Å². The number of anilines is 2. The van der Waals surface area contributed by atoms with E-state index in [1.165, 1.54) is 26.4 Å². The summed E-state index contributed by atoms with van der Waals surface area (Å²) in [4.78, 5) is 47.5. The van der Waals surface area contributed by atoms with Gasteiger partial charge in [-0.05, 0) is 12.1 Å². The van der Waals surface area contributed by atoms with Gasteiger partial charge in [0, 0.05) is 45.5 Å². The van der Waals surface area contributed by atoms with E-state index in [2.05, 4.69) is 15.3 Å². The van der Waals surface area contributed by atoms with Gasteiger partial charge in [0.1, 0.15) is 0 Å². The van der Waals surface area contributed by atoms with E-state index in [9.17, 15) is 14.4 Å². The van der Waals surface area contributed by atoms with Gasteiger partial charge in [0.25, 0.3) is 5.91 Å². The molecule has 1 saturated heterocycles. The molecule has 1 N–H and O–H groups in total. The highest BCUT2D eigenvalue weighted by Gasteiger charge is 2.23. The Labute approximate surface area is 162 Å². The summed E-state index contributed by atoms with van der Waals surface area (Å²) in [5, 5.41) is 2.96. The van der Waals surface area contributed by atoms with Gasteiger partial charge < -0.3 is 19.9 Å². The minimum atomic E-state index is -0.473. The average Bonchev–Trinajstić information content (AvgIpc) is 2.73. The minimum Gasteiger partial charge on any atom is -0.465 e. The molecule has 1 aromatic heterocycles. The Morgan fingerprint density at radius 2 is 1.61 bits per heavy atom. The molecule has 9 nitrogen and oxygen atoms in total. The van der Waals surface area contributed by atoms with Crippen molar-refractivity contribution >= 4 is 29.4 Å². The van der Waals surface area contributed by atoms with Crippen molar-refractivity contribution in [2.45, 2.75) is 6.92 Å². The van der Waals surface area contributed by atoms with E-state index in [0.717, 1.165) is 0 Å². The number of benzene rings is 1. The normalized spacial score (nSPS) is 13.8. The molecule has 9 heteroatoms. The lowest BCUT2D eigenvalue weighted by Crippen LogP contribution is -2.50. The summed E-state index contributed by atoms with van der Waals surface area (Å²) in [6.07, 6.45) is 2.88. The molecule has 1 aliphatic heterocycles. The van der Waals surface area contributed by atoms with E-state index in [4.69, 9.17) is 4.74 Å². The van der Waals surface area contributed by atoms with Crippen LogP contribution in [0.1, 0.15) is 27.6 Å². The van der Waals surface area contributed by atoms with Crippen molar-refractivity contribution in [3.8, 4) is 0 Å². The average molecular weight is 383 g/mol. The number of para-hydroxylation sites is 1. The lowest BCUT2D eigenvalue weighted by Gasteiger charge is -2.34. The van der Waals surface area contributed by atoms with Crippen LogP contribution in [0.5, 0.6) is 0 Å². The topological polar surface area (TPSA) is 105 Å². The summed E-state index contributed by atoms with van der Waals surface area (Å²) in [7, 11) is 1.31. The van der Waals surface area contributed by atoms with Crippen molar-refractivity contribution in [1.29, 1.82) is 0 Å². The van der Waals surface area contributed by atoms with E-state index in [-0.39, 0.29) is 17.8 Å². The molecular formula is C19H21N5O4. The lowest BCUT2D eigenvalue weighted by molar-refractivity contribution is -0.130. The zero-order valence-electron chi connectivity index (χ0n) is 15.7. The van der Waals surface area contributed by atoms with Crippen LogP contribution in [0, 0.1) is 0 Å². The summed E-state index contributed by atoms with van der Waals surface area (Å²) in [5.74, 6) is -0.378. The van der Waals surface area contributed by atoms with Crippen LogP contribution in [-0.2, 0) is 9.53 Å². The minimum absolute atomic E-state index is 0.0121. The molecular weight excluding hydrogens is 362 g/mol. The molecule has 0 unspecified atom stereocenters. The summed E-state index contributed by atoms with van der Waals surface area (Å²) < 4.78 is 4.76. The van der Waals surface area contributed by atoms with Gasteiger partial charge >= 0.3 is 5.97 Å². The molecule has 1 fully saturated rings. The van der Waals surface area contributed by atoms with E-state index in [1.54, 1.807) is 34.1 Å². The van der Waals surface area contributed by atoms with Crippen LogP contribution in [0.3, 0.4) is 0 Å². The number of nitrogens with one attached hydrogen (secondary N) is 1. The molecule has 2 amide bonds. The first-order chi connectivity index (χ1) is 13.5. The summed E-state index contributed by atoms with van der Waals surface area (Å²) in [6, 6.07) is 6.84. The fourth-order valence-electron chi connectivity index (χ4n) is 2.91. The Morgan fingerprint density at radius 3 is 2.21 bits per heavy atom. The molecule has 1 aromatic carbocycles. The molecule has 0 saturated carbocycles. The zero-order chi connectivity index (χ0) is 20.1. The summed E-state index contributed by atoms with van der Waals surface area (Å²) >= 11 is 0. The third-order valence-electron chi connectivity index (χ3n) is 4.49. The number of hydrogen-bond acceptors (Lipinski definition) is 7. The predicted molar refractivity (Wildman–Crippen MR) is 101 cm³/mol. The van der Waals surface area contributed by atoms with Gasteiger partial charge in [-0.3, -0.25) is 9.59 Å². The molecule has 28 heavy (non-hydrogen) atoms. The SMILES string of the molecule is COC(=O)c1ccccc1Nc1ncc(C(=O)N2CCN(C(C)=O)CC2)cn1. The molecule has 3 rings (SSSR count). The number of aromatic nitrogens is 2. The third kappa shape index (κ3) is 4.25. The van der Waals surface area contributed by atoms with Crippen LogP contribution >= 0.6 is 0 Å². The maximum atomic E-state index is 12.6. The van der Waals surface area contributed by atoms with Gasteiger partial charge in [0.2, 0.25) is 11.9 Å². The lowest BCUT2D eigenvalue weighted by atomic mass is 10.2. The highest BCUT2D eigenvalue weighted by molar-refractivity contribution is 5.96. The van der Waals surface area contributed by atoms with Crippen LogP contribution in [0.2, 0.25) is 0 Å². The molecule has 146 valence electrons. The fourth-order valence-corrected chi connectivity index (χ4v) is 2.91. The van der Waals surface area contributed by atoms with Gasteiger partial charge in [-0.15, -0.1) is 0 Å². The standard InChI is InChI=1S/C19H21N5O4/c1-13(25)23-7-9-24(10-8-23)17(26)14-11-20-19(21-12-14)22-16-6-4-3-5-15(16)18(27)28-2/h3-6,11-12H,7-10H2,1-2H3,(H,20,21,22). The van der Waals surface area contributed by atoms with Crippen LogP contribution in [0.15, 0.2) is 36.7 Å². The summed E-state index contributed by atoms with van der Waals surface area (Å²) in [6.45, 7) is 3.52. The molecule has 2 heterocycles. The number of ether oxygens (including phenoxy) is 1. The van der Waals surface area contributed by atoms with Gasteiger partial charge in [0.15, 0.2) is 0 Å². The highest BCUT2D eigenvalue weighted by atomic mass is 16.5. The molecule has 1 aliphatic rings. The Kier molecular flexibility index (Phi) is 5.83. The molecule has 2 aromatic rings. The highest BCUT2D eigenvalue weighted by Crippen LogP contribution is 2.19. The second-order valence-corrected chi connectivity index (χ2v) is 6.26. The van der Waals surface area contributed by atoms with E-state index in [0.29, 0.717) is 43.0 Å². The number of amides is 2. The molecule has 0 radical (unpaired) electrons. The number of methoxy groups -OCH3 is 1. The van der Waals surface area contributed by atoms with E-state index in [1.807, 2.05) is 0 Å². The quantitative estimate of drug-likeness (QED) is 0.794. The number of carbonyl (C=O) groups excluding carboxylic acids is 3. The number of piperazine rings is 1. The first kappa shape index (κ1) is 19.3. The Bertz CT molecular complexity index is 876. The predicted octanol–water partition coefficient (Wildman–Crippen LogP) is 1.31. The van der Waals surface area contributed by atoms with Crippen molar-refractivity contribution in [1.82, 2.24) is 19.8 Å². The monoisotopic (exact) mass is 383 g/mol. The van der Waals surface area contributed by atoms with Crippen LogP contribution in [0.4, 0.5) is 11.6 Å². The molecule has 0 bridgehead atoms. The number of hydrogen-bond donors (Lipinski definition) is 1. The number of carbonyl (C=O) groups is 3. The van der Waals surface area contributed by atoms with Crippen LogP contribution in [0.25, 0.3) is 0 Å². The second-order valence-electron chi connectivity index (χ2n) is 6.26. The first-order valence-electron chi connectivity index (χ1n) is 8.81. The molecule has 0 spiro atoms. The second kappa shape index (κ2) is 8.47. The Morgan fingerprint density at radius 1 is 1.00 bits per heavy atom. The van der Waals surface area contributed by atoms with Crippen molar-refractivity contribution in [2.75, 3.05) is 38.6 Å². The van der Waals surface area contributed by atoms with Gasteiger partial charge in [0.05, 0.1) is 23.9 Å². The third-order valence-corrected chi connectivity index (χ3v) is 4.49. The van der Waals surface area contributed by atoms with E-state index >= 15 is 0 Å². The van der Waals surface area contributed by atoms with Crippen LogP contribution < -0.4 is 5.32 Å². The number of nitrogens with zero attached hydrogens (tertiary/aromatic N) is 4. The number of esters is 1. The largest absolute Gasteiger partial charge is 0.465 e.